The van der Waals surface area contributed by atoms with Gasteiger partial charge in [0.2, 0.25) is 0 Å². The van der Waals surface area contributed by atoms with Crippen molar-refractivity contribution in [1.29, 1.82) is 0 Å². The molecule has 11 nitrogen and oxygen atoms in total. The Labute approximate surface area is 238 Å². The fraction of sp³-hybridized carbons (Fsp3) is 0.333. The second-order valence-corrected chi connectivity index (χ2v) is 10.4. The number of fused-ring (bicyclic) bond motifs is 1. The highest BCUT2D eigenvalue weighted by atomic mass is 16.5. The van der Waals surface area contributed by atoms with Crippen LogP contribution in [-0.4, -0.2) is 56.4 Å². The van der Waals surface area contributed by atoms with Crippen LogP contribution in [0.3, 0.4) is 0 Å². The van der Waals surface area contributed by atoms with E-state index in [2.05, 4.69) is 27.3 Å². The van der Waals surface area contributed by atoms with Crippen molar-refractivity contribution in [2.45, 2.75) is 52.7 Å². The summed E-state index contributed by atoms with van der Waals surface area (Å²) < 4.78 is 6.75. The highest BCUT2D eigenvalue weighted by Gasteiger charge is 2.34. The molecule has 4 aromatic rings. The van der Waals surface area contributed by atoms with Crippen LogP contribution in [0.1, 0.15) is 52.8 Å². The molecule has 0 saturated carbocycles. The number of anilines is 2. The van der Waals surface area contributed by atoms with Crippen molar-refractivity contribution in [2.75, 3.05) is 23.5 Å². The number of amides is 2. The number of alkyl carbamates (subject to hydrolysis) is 1. The number of aromatic nitrogens is 5. The van der Waals surface area contributed by atoms with Gasteiger partial charge in [-0.3, -0.25) is 14.3 Å². The number of aryl methyl sites for hydroxylation is 2. The summed E-state index contributed by atoms with van der Waals surface area (Å²) in [4.78, 5) is 39.4. The Morgan fingerprint density at radius 3 is 2.66 bits per heavy atom. The summed E-state index contributed by atoms with van der Waals surface area (Å²) >= 11 is 0. The second-order valence-electron chi connectivity index (χ2n) is 10.4. The Morgan fingerprint density at radius 2 is 1.90 bits per heavy atom. The Balaban J connectivity index is 1.37. The maximum atomic E-state index is 13.9. The van der Waals surface area contributed by atoms with Crippen molar-refractivity contribution >= 4 is 23.6 Å². The maximum Gasteiger partial charge on any atom is 0.407 e. The number of benzene rings is 1. The van der Waals surface area contributed by atoms with Crippen molar-refractivity contribution in [1.82, 2.24) is 30.0 Å². The van der Waals surface area contributed by atoms with Crippen LogP contribution in [0, 0.1) is 13.8 Å². The number of carbonyl (C=O) groups excluding carboxylic acids is 2. The summed E-state index contributed by atoms with van der Waals surface area (Å²) in [5.74, 6) is 2.43. The quantitative estimate of drug-likeness (QED) is 0.375. The summed E-state index contributed by atoms with van der Waals surface area (Å²) in [6.07, 6.45) is 1.58. The smallest absolute Gasteiger partial charge is 0.407 e. The second kappa shape index (κ2) is 10.6. The molecule has 2 aliphatic rings. The van der Waals surface area contributed by atoms with E-state index < -0.39 is 6.09 Å². The third-order valence-corrected chi connectivity index (χ3v) is 7.84. The van der Waals surface area contributed by atoms with E-state index in [1.54, 1.807) is 4.90 Å². The molecule has 0 aliphatic carbocycles. The van der Waals surface area contributed by atoms with Gasteiger partial charge in [0.15, 0.2) is 5.82 Å². The number of para-hydroxylation sites is 1. The van der Waals surface area contributed by atoms with Gasteiger partial charge in [-0.05, 0) is 63.4 Å². The normalized spacial score (nSPS) is 16.3. The van der Waals surface area contributed by atoms with Gasteiger partial charge in [0, 0.05) is 18.2 Å². The zero-order valence-corrected chi connectivity index (χ0v) is 23.6. The van der Waals surface area contributed by atoms with E-state index in [1.165, 1.54) is 7.11 Å². The lowest BCUT2D eigenvalue weighted by atomic mass is 10.1. The van der Waals surface area contributed by atoms with Crippen molar-refractivity contribution in [2.24, 2.45) is 0 Å². The summed E-state index contributed by atoms with van der Waals surface area (Å²) in [6.45, 7) is 7.42. The van der Waals surface area contributed by atoms with Crippen molar-refractivity contribution in [3.05, 3.63) is 76.7 Å². The average Bonchev–Trinajstić information content (AvgIpc) is 3.68. The maximum absolute atomic E-state index is 13.9. The summed E-state index contributed by atoms with van der Waals surface area (Å²) in [5.41, 5.74) is 4.65. The van der Waals surface area contributed by atoms with Gasteiger partial charge in [-0.1, -0.05) is 24.3 Å². The lowest BCUT2D eigenvalue weighted by Gasteiger charge is -2.24. The molecular weight excluding hydrogens is 520 g/mol. The molecule has 1 saturated heterocycles. The van der Waals surface area contributed by atoms with Crippen LogP contribution in [0.25, 0.3) is 17.2 Å². The molecule has 210 valence electrons. The number of carbonyl (C=O) groups is 2. The minimum Gasteiger partial charge on any atom is -0.453 e. The standard InChI is InChI=1S/C30H32N8O3/c1-18-9-5-6-12-25(18)38-20(3)34-35-28(38)23-11-7-13-26(32-23)37-17-22-21(29(37)39)15-27(36-14-8-10-19(36)2)33-24(22)16-31-30(40)41-4/h5-7,9,11-13,15,19H,8,10,14,16-17H2,1-4H3,(H,31,40)/t19-/m1/s1. The van der Waals surface area contributed by atoms with Crippen LogP contribution in [0.5, 0.6) is 0 Å². The Hall–Kier alpha value is -4.80. The van der Waals surface area contributed by atoms with E-state index >= 15 is 0 Å². The van der Waals surface area contributed by atoms with Gasteiger partial charge in [-0.25, -0.2) is 14.8 Å². The Kier molecular flexibility index (Phi) is 6.86. The van der Waals surface area contributed by atoms with Crippen LogP contribution in [0.15, 0.2) is 48.5 Å². The molecular formula is C30H32N8O3. The molecule has 0 spiro atoms. The topological polar surface area (TPSA) is 118 Å². The number of methoxy groups -OCH3 is 1. The van der Waals surface area contributed by atoms with Crippen LogP contribution in [0.2, 0.25) is 0 Å². The van der Waals surface area contributed by atoms with E-state index in [4.69, 9.17) is 14.7 Å². The summed E-state index contributed by atoms with van der Waals surface area (Å²) in [6, 6.07) is 15.8. The lowest BCUT2D eigenvalue weighted by Crippen LogP contribution is -2.29. The molecule has 0 unspecified atom stereocenters. The van der Waals surface area contributed by atoms with Gasteiger partial charge >= 0.3 is 6.09 Å². The van der Waals surface area contributed by atoms with E-state index in [9.17, 15) is 9.59 Å². The van der Waals surface area contributed by atoms with Gasteiger partial charge in [-0.2, -0.15) is 0 Å². The highest BCUT2D eigenvalue weighted by Crippen LogP contribution is 2.34. The third-order valence-electron chi connectivity index (χ3n) is 7.84. The van der Waals surface area contributed by atoms with Crippen molar-refractivity contribution < 1.29 is 14.3 Å². The first-order chi connectivity index (χ1) is 19.9. The molecule has 0 bridgehead atoms. The molecule has 1 atom stereocenters. The van der Waals surface area contributed by atoms with E-state index in [-0.39, 0.29) is 19.0 Å². The van der Waals surface area contributed by atoms with E-state index in [0.717, 1.165) is 47.8 Å². The molecule has 11 heteroatoms. The number of nitrogens with zero attached hydrogens (tertiary/aromatic N) is 7. The molecule has 6 rings (SSSR count). The molecule has 1 aromatic carbocycles. The summed E-state index contributed by atoms with van der Waals surface area (Å²) in [5, 5.41) is 11.5. The van der Waals surface area contributed by atoms with Crippen molar-refractivity contribution in [3.63, 3.8) is 0 Å². The number of pyridine rings is 2. The first kappa shape index (κ1) is 26.4. The predicted octanol–water partition coefficient (Wildman–Crippen LogP) is 4.35. The molecule has 2 aliphatic heterocycles. The molecule has 1 fully saturated rings. The minimum atomic E-state index is -0.552. The van der Waals surface area contributed by atoms with E-state index in [0.29, 0.717) is 34.6 Å². The monoisotopic (exact) mass is 552 g/mol. The first-order valence-electron chi connectivity index (χ1n) is 13.7. The van der Waals surface area contributed by atoms with Gasteiger partial charge in [0.1, 0.15) is 23.2 Å². The van der Waals surface area contributed by atoms with Crippen LogP contribution >= 0.6 is 0 Å². The lowest BCUT2D eigenvalue weighted by molar-refractivity contribution is 0.0996. The van der Waals surface area contributed by atoms with Gasteiger partial charge in [0.05, 0.1) is 37.1 Å². The first-order valence-corrected chi connectivity index (χ1v) is 13.7. The molecule has 1 N–H and O–H groups in total. The van der Waals surface area contributed by atoms with Crippen molar-refractivity contribution in [3.8, 4) is 17.2 Å². The number of hydrogen-bond donors (Lipinski definition) is 1. The number of nitrogens with one attached hydrogen (secondary N) is 1. The van der Waals surface area contributed by atoms with Gasteiger partial charge in [-0.15, -0.1) is 10.2 Å². The Morgan fingerprint density at radius 1 is 1.07 bits per heavy atom. The predicted molar refractivity (Wildman–Crippen MR) is 154 cm³/mol. The molecule has 0 radical (unpaired) electrons. The van der Waals surface area contributed by atoms with Crippen LogP contribution < -0.4 is 15.1 Å². The van der Waals surface area contributed by atoms with Gasteiger partial charge < -0.3 is 15.0 Å². The fourth-order valence-electron chi connectivity index (χ4n) is 5.66. The van der Waals surface area contributed by atoms with Crippen LogP contribution in [-0.2, 0) is 17.8 Å². The number of ether oxygens (including phenoxy) is 1. The molecule has 5 heterocycles. The largest absolute Gasteiger partial charge is 0.453 e. The van der Waals surface area contributed by atoms with E-state index in [1.807, 2.05) is 66.9 Å². The molecule has 3 aromatic heterocycles. The minimum absolute atomic E-state index is 0.151. The average molecular weight is 553 g/mol. The zero-order valence-electron chi connectivity index (χ0n) is 23.6. The molecule has 2 amide bonds. The molecule has 41 heavy (non-hydrogen) atoms. The Bertz CT molecular complexity index is 1650. The van der Waals surface area contributed by atoms with Crippen LogP contribution in [0.4, 0.5) is 16.4 Å². The fourth-order valence-corrected chi connectivity index (χ4v) is 5.66. The summed E-state index contributed by atoms with van der Waals surface area (Å²) in [7, 11) is 1.32. The third kappa shape index (κ3) is 4.77. The number of hydrogen-bond acceptors (Lipinski definition) is 8. The SMILES string of the molecule is COC(=O)NCc1nc(N2CCC[C@H]2C)cc2c1CN(c1cccc(-c3nnc(C)n3-c3ccccc3C)n1)C2=O. The van der Waals surface area contributed by atoms with Gasteiger partial charge in [0.25, 0.3) is 5.91 Å². The zero-order chi connectivity index (χ0) is 28.7. The number of rotatable bonds is 6. The highest BCUT2D eigenvalue weighted by molar-refractivity contribution is 6.10.